The Morgan fingerprint density at radius 3 is 3.00 bits per heavy atom. The number of nitrogens with zero attached hydrogens (tertiary/aromatic N) is 4. The third-order valence-electron chi connectivity index (χ3n) is 5.81. The third-order valence-corrected chi connectivity index (χ3v) is 6.71. The Balaban J connectivity index is 1.71. The molecule has 1 aliphatic heterocycles. The zero-order valence-electron chi connectivity index (χ0n) is 17.2. The highest BCUT2D eigenvalue weighted by Crippen LogP contribution is 2.31. The van der Waals surface area contributed by atoms with Gasteiger partial charge in [-0.25, -0.2) is 9.37 Å². The van der Waals surface area contributed by atoms with Crippen molar-refractivity contribution in [3.63, 3.8) is 0 Å². The zero-order chi connectivity index (χ0) is 22.2. The number of fused-ring (bicyclic) bond motifs is 1. The number of aromatic nitrogens is 3. The van der Waals surface area contributed by atoms with E-state index in [-0.39, 0.29) is 18.1 Å². The number of thiophene rings is 1. The molecular formula is C23H21FN6OS. The third kappa shape index (κ3) is 3.57. The molecule has 0 radical (unpaired) electrons. The summed E-state index contributed by atoms with van der Waals surface area (Å²) in [6, 6.07) is 9.99. The molecule has 0 bridgehead atoms. The predicted octanol–water partition coefficient (Wildman–Crippen LogP) is 3.44. The van der Waals surface area contributed by atoms with E-state index in [1.807, 2.05) is 22.4 Å². The first-order valence-corrected chi connectivity index (χ1v) is 11.3. The molecule has 7 nitrogen and oxygen atoms in total. The van der Waals surface area contributed by atoms with Crippen molar-refractivity contribution < 1.29 is 4.39 Å². The maximum absolute atomic E-state index is 14.0. The molecule has 32 heavy (non-hydrogen) atoms. The van der Waals surface area contributed by atoms with Gasteiger partial charge in [0.1, 0.15) is 16.9 Å². The normalized spacial score (nSPS) is 16.4. The molecule has 1 fully saturated rings. The van der Waals surface area contributed by atoms with Crippen LogP contribution in [0.15, 0.2) is 46.7 Å². The molecular weight excluding hydrogens is 427 g/mol. The Bertz CT molecular complexity index is 1380. The summed E-state index contributed by atoms with van der Waals surface area (Å²) in [4.78, 5) is 24.6. The van der Waals surface area contributed by atoms with Gasteiger partial charge in [-0.2, -0.15) is 5.26 Å². The number of halogens is 1. The first kappa shape index (κ1) is 20.4. The number of benzene rings is 1. The molecule has 1 atom stereocenters. The van der Waals surface area contributed by atoms with Crippen molar-refractivity contribution >= 4 is 28.3 Å². The van der Waals surface area contributed by atoms with Crippen molar-refractivity contribution in [3.8, 4) is 16.5 Å². The fourth-order valence-corrected chi connectivity index (χ4v) is 4.99. The largest absolute Gasteiger partial charge is 0.355 e. The number of aromatic amines is 1. The number of piperidine rings is 1. The number of anilines is 1. The zero-order valence-corrected chi connectivity index (χ0v) is 18.0. The van der Waals surface area contributed by atoms with Crippen LogP contribution in [0.1, 0.15) is 24.0 Å². The quantitative estimate of drug-likeness (QED) is 0.498. The molecule has 0 aliphatic carbocycles. The second kappa shape index (κ2) is 8.22. The monoisotopic (exact) mass is 448 g/mol. The first-order valence-electron chi connectivity index (χ1n) is 10.4. The summed E-state index contributed by atoms with van der Waals surface area (Å²) in [5.41, 5.74) is 8.56. The number of hydrogen-bond acceptors (Lipinski definition) is 6. The lowest BCUT2D eigenvalue weighted by atomic mass is 10.1. The minimum Gasteiger partial charge on any atom is -0.355 e. The van der Waals surface area contributed by atoms with Gasteiger partial charge in [-0.05, 0) is 48.1 Å². The molecule has 4 aromatic rings. The van der Waals surface area contributed by atoms with E-state index in [1.165, 1.54) is 22.8 Å². The lowest BCUT2D eigenvalue weighted by molar-refractivity contribution is 0.491. The molecule has 162 valence electrons. The number of hydrogen-bond donors (Lipinski definition) is 2. The van der Waals surface area contributed by atoms with Gasteiger partial charge in [0.25, 0.3) is 5.56 Å². The maximum Gasteiger partial charge on any atom is 0.279 e. The van der Waals surface area contributed by atoms with Gasteiger partial charge in [-0.3, -0.25) is 9.36 Å². The molecule has 0 amide bonds. The predicted molar refractivity (Wildman–Crippen MR) is 123 cm³/mol. The average Bonchev–Trinajstić information content (AvgIpc) is 3.45. The number of H-pyrrole nitrogens is 1. The number of rotatable bonds is 4. The van der Waals surface area contributed by atoms with Crippen molar-refractivity contribution in [2.45, 2.75) is 25.4 Å². The van der Waals surface area contributed by atoms with Crippen molar-refractivity contribution in [2.75, 3.05) is 18.0 Å². The smallest absolute Gasteiger partial charge is 0.279 e. The van der Waals surface area contributed by atoms with Crippen LogP contribution in [0.25, 0.3) is 21.5 Å². The topological polar surface area (TPSA) is 104 Å². The molecule has 0 spiro atoms. The highest BCUT2D eigenvalue weighted by atomic mass is 32.1. The average molecular weight is 449 g/mol. The Labute approximate surface area is 187 Å². The molecule has 9 heteroatoms. The van der Waals surface area contributed by atoms with E-state index in [0.717, 1.165) is 29.8 Å². The number of nitrogens with two attached hydrogens (primary N) is 1. The van der Waals surface area contributed by atoms with Gasteiger partial charge in [-0.15, -0.1) is 11.3 Å². The molecule has 1 saturated heterocycles. The summed E-state index contributed by atoms with van der Waals surface area (Å²) >= 11 is 1.58. The highest BCUT2D eigenvalue weighted by molar-refractivity contribution is 7.13. The van der Waals surface area contributed by atoms with Crippen LogP contribution in [-0.2, 0) is 6.54 Å². The maximum atomic E-state index is 14.0. The standard InChI is InChI=1S/C23H21FN6OS/c24-16-6-5-14(10-25)15(9-16)12-30-22(31)21-20(18(11-27-21)19-4-2-8-32-19)28-23(30)29-7-1-3-17(26)13-29/h2,4-6,8-9,11,17,27H,1,3,7,12-13,26H2/t17-/m1/s1. The van der Waals surface area contributed by atoms with E-state index in [0.29, 0.717) is 34.7 Å². The summed E-state index contributed by atoms with van der Waals surface area (Å²) < 4.78 is 15.5. The van der Waals surface area contributed by atoms with Crippen molar-refractivity contribution in [3.05, 3.63) is 69.2 Å². The van der Waals surface area contributed by atoms with Crippen LogP contribution in [0.2, 0.25) is 0 Å². The van der Waals surface area contributed by atoms with Gasteiger partial charge >= 0.3 is 0 Å². The summed E-state index contributed by atoms with van der Waals surface area (Å²) in [7, 11) is 0. The summed E-state index contributed by atoms with van der Waals surface area (Å²) in [6.45, 7) is 1.33. The number of nitrogens with one attached hydrogen (secondary N) is 1. The van der Waals surface area contributed by atoms with E-state index < -0.39 is 5.82 Å². The molecule has 5 rings (SSSR count). The molecule has 0 saturated carbocycles. The lowest BCUT2D eigenvalue weighted by Crippen LogP contribution is -2.45. The van der Waals surface area contributed by atoms with E-state index in [4.69, 9.17) is 10.7 Å². The molecule has 0 unspecified atom stereocenters. The molecule has 4 heterocycles. The van der Waals surface area contributed by atoms with Crippen LogP contribution in [0.3, 0.4) is 0 Å². The van der Waals surface area contributed by atoms with Gasteiger partial charge in [0.2, 0.25) is 5.95 Å². The van der Waals surface area contributed by atoms with Crippen molar-refractivity contribution in [2.24, 2.45) is 5.73 Å². The van der Waals surface area contributed by atoms with Crippen LogP contribution in [0.5, 0.6) is 0 Å². The summed E-state index contributed by atoms with van der Waals surface area (Å²) in [5.74, 6) is 0.0330. The Morgan fingerprint density at radius 1 is 1.38 bits per heavy atom. The fraction of sp³-hybridized carbons (Fsp3) is 0.261. The van der Waals surface area contributed by atoms with Crippen molar-refractivity contribution in [1.82, 2.24) is 14.5 Å². The van der Waals surface area contributed by atoms with Gasteiger partial charge in [0, 0.05) is 35.8 Å². The minimum atomic E-state index is -0.456. The lowest BCUT2D eigenvalue weighted by Gasteiger charge is -2.33. The van der Waals surface area contributed by atoms with E-state index in [2.05, 4.69) is 11.1 Å². The second-order valence-electron chi connectivity index (χ2n) is 7.97. The SMILES string of the molecule is N#Cc1ccc(F)cc1Cn1c(N2CCC[C@@H](N)C2)nc2c(-c3cccs3)c[nH]c2c1=O. The summed E-state index contributed by atoms with van der Waals surface area (Å²) in [6.07, 6.45) is 3.60. The van der Waals surface area contributed by atoms with Crippen molar-refractivity contribution in [1.29, 1.82) is 5.26 Å². The first-order chi connectivity index (χ1) is 15.5. The van der Waals surface area contributed by atoms with E-state index in [9.17, 15) is 14.4 Å². The number of nitriles is 1. The fourth-order valence-electron chi connectivity index (χ4n) is 4.25. The Hall–Kier alpha value is -3.48. The van der Waals surface area contributed by atoms with Gasteiger partial charge in [0.05, 0.1) is 18.2 Å². The van der Waals surface area contributed by atoms with E-state index in [1.54, 1.807) is 17.5 Å². The van der Waals surface area contributed by atoms with Crippen LogP contribution < -0.4 is 16.2 Å². The minimum absolute atomic E-state index is 0.0170. The van der Waals surface area contributed by atoms with E-state index >= 15 is 0 Å². The van der Waals surface area contributed by atoms with Crippen LogP contribution in [-0.4, -0.2) is 33.7 Å². The highest BCUT2D eigenvalue weighted by Gasteiger charge is 2.25. The second-order valence-corrected chi connectivity index (χ2v) is 8.92. The van der Waals surface area contributed by atoms with Gasteiger partial charge < -0.3 is 15.6 Å². The molecule has 3 aromatic heterocycles. The Morgan fingerprint density at radius 2 is 2.25 bits per heavy atom. The summed E-state index contributed by atoms with van der Waals surface area (Å²) in [5, 5.41) is 11.5. The van der Waals surface area contributed by atoms with Gasteiger partial charge in [-0.1, -0.05) is 6.07 Å². The Kier molecular flexibility index (Phi) is 5.25. The molecule has 1 aromatic carbocycles. The molecule has 3 N–H and O–H groups in total. The molecule has 1 aliphatic rings. The van der Waals surface area contributed by atoms with Crippen LogP contribution >= 0.6 is 11.3 Å². The van der Waals surface area contributed by atoms with Crippen LogP contribution in [0, 0.1) is 17.1 Å². The van der Waals surface area contributed by atoms with Gasteiger partial charge in [0.15, 0.2) is 0 Å². The van der Waals surface area contributed by atoms with Crippen LogP contribution in [0.4, 0.5) is 10.3 Å².